The molecule has 1 unspecified atom stereocenters. The van der Waals surface area contributed by atoms with Crippen LogP contribution in [0.15, 0.2) is 11.6 Å². The maximum atomic E-state index is 8.98. The lowest BCUT2D eigenvalue weighted by atomic mass is 10.2. The first-order chi connectivity index (χ1) is 5.88. The fourth-order valence-electron chi connectivity index (χ4n) is 1.27. The lowest BCUT2D eigenvalue weighted by molar-refractivity contribution is -0.0219. The van der Waals surface area contributed by atoms with Gasteiger partial charge in [0.1, 0.15) is 0 Å². The molecule has 0 aliphatic carbocycles. The fraction of sp³-hybridized carbons (Fsp3) is 0.750. The summed E-state index contributed by atoms with van der Waals surface area (Å²) in [5.41, 5.74) is 1.50. The molecular weight excluding hydrogens is 178 g/mol. The van der Waals surface area contributed by atoms with Crippen LogP contribution in [0.5, 0.6) is 0 Å². The molecule has 0 bridgehead atoms. The Hall–Kier alpha value is -0.0900. The van der Waals surface area contributed by atoms with Crippen molar-refractivity contribution in [3.05, 3.63) is 11.6 Å². The van der Waals surface area contributed by atoms with Crippen molar-refractivity contribution in [2.75, 3.05) is 32.9 Å². The standard InChI is InChI=1S/C8H14ClNO2/c9-2-1-3-10-4-5-12-7-8(10)6-11/h1-2,8,11H,3-7H2/b2-1+. The summed E-state index contributed by atoms with van der Waals surface area (Å²) in [5, 5.41) is 8.98. The molecule has 0 aromatic heterocycles. The summed E-state index contributed by atoms with van der Waals surface area (Å²) >= 11 is 5.41. The average molecular weight is 192 g/mol. The smallest absolute Gasteiger partial charge is 0.0644 e. The van der Waals surface area contributed by atoms with Crippen LogP contribution in [0.4, 0.5) is 0 Å². The average Bonchev–Trinajstić information content (AvgIpc) is 2.15. The molecule has 0 amide bonds. The van der Waals surface area contributed by atoms with Crippen molar-refractivity contribution in [1.82, 2.24) is 4.90 Å². The molecule has 1 aliphatic heterocycles. The monoisotopic (exact) mass is 191 g/mol. The maximum absolute atomic E-state index is 8.98. The van der Waals surface area contributed by atoms with Crippen LogP contribution in [-0.4, -0.2) is 49.0 Å². The number of rotatable bonds is 3. The van der Waals surface area contributed by atoms with Crippen molar-refractivity contribution in [2.24, 2.45) is 0 Å². The second-order valence-corrected chi connectivity index (χ2v) is 3.02. The minimum absolute atomic E-state index is 0.131. The van der Waals surface area contributed by atoms with Crippen molar-refractivity contribution in [1.29, 1.82) is 0 Å². The Morgan fingerprint density at radius 2 is 2.50 bits per heavy atom. The SMILES string of the molecule is OCC1COCCN1C/C=C/Cl. The quantitative estimate of drug-likeness (QED) is 0.703. The molecule has 1 saturated heterocycles. The van der Waals surface area contributed by atoms with E-state index in [0.29, 0.717) is 6.61 Å². The zero-order chi connectivity index (χ0) is 8.81. The summed E-state index contributed by atoms with van der Waals surface area (Å²) in [5.74, 6) is 0. The molecule has 3 nitrogen and oxygen atoms in total. The van der Waals surface area contributed by atoms with Crippen LogP contribution in [0.3, 0.4) is 0 Å². The number of aliphatic hydroxyl groups excluding tert-OH is 1. The molecule has 0 radical (unpaired) electrons. The van der Waals surface area contributed by atoms with Gasteiger partial charge in [0.15, 0.2) is 0 Å². The molecule has 1 atom stereocenters. The summed E-state index contributed by atoms with van der Waals surface area (Å²) in [7, 11) is 0. The van der Waals surface area contributed by atoms with E-state index in [1.807, 2.05) is 6.08 Å². The van der Waals surface area contributed by atoms with E-state index in [1.54, 1.807) is 0 Å². The van der Waals surface area contributed by atoms with Gasteiger partial charge in [-0.25, -0.2) is 0 Å². The summed E-state index contributed by atoms with van der Waals surface area (Å²) in [6, 6.07) is 0.131. The number of hydrogen-bond donors (Lipinski definition) is 1. The van der Waals surface area contributed by atoms with Gasteiger partial charge in [-0.05, 0) is 0 Å². The Morgan fingerprint density at radius 3 is 3.17 bits per heavy atom. The van der Waals surface area contributed by atoms with E-state index in [9.17, 15) is 0 Å². The highest BCUT2D eigenvalue weighted by Crippen LogP contribution is 2.05. The van der Waals surface area contributed by atoms with Gasteiger partial charge in [-0.2, -0.15) is 0 Å². The van der Waals surface area contributed by atoms with Crippen LogP contribution in [0.25, 0.3) is 0 Å². The molecule has 70 valence electrons. The van der Waals surface area contributed by atoms with Gasteiger partial charge in [0, 0.05) is 18.6 Å². The van der Waals surface area contributed by atoms with Crippen molar-refractivity contribution in [3.63, 3.8) is 0 Å². The van der Waals surface area contributed by atoms with E-state index in [-0.39, 0.29) is 12.6 Å². The van der Waals surface area contributed by atoms with Crippen LogP contribution < -0.4 is 0 Å². The van der Waals surface area contributed by atoms with Gasteiger partial charge in [0.05, 0.1) is 25.9 Å². The van der Waals surface area contributed by atoms with Crippen molar-refractivity contribution >= 4 is 11.6 Å². The Balaban J connectivity index is 2.36. The Kier molecular flexibility index (Phi) is 4.61. The summed E-state index contributed by atoms with van der Waals surface area (Å²) < 4.78 is 5.22. The molecule has 1 fully saturated rings. The number of halogens is 1. The molecule has 1 heterocycles. The lowest BCUT2D eigenvalue weighted by Gasteiger charge is -2.33. The Bertz CT molecular complexity index is 152. The second-order valence-electron chi connectivity index (χ2n) is 2.77. The predicted octanol–water partition coefficient (Wildman–Crippen LogP) is 0.432. The maximum Gasteiger partial charge on any atom is 0.0644 e. The Morgan fingerprint density at radius 1 is 1.67 bits per heavy atom. The van der Waals surface area contributed by atoms with Gasteiger partial charge in [0.2, 0.25) is 0 Å². The number of nitrogens with zero attached hydrogens (tertiary/aromatic N) is 1. The second kappa shape index (κ2) is 5.54. The van der Waals surface area contributed by atoms with E-state index >= 15 is 0 Å². The van der Waals surface area contributed by atoms with Crippen LogP contribution >= 0.6 is 11.6 Å². The van der Waals surface area contributed by atoms with Crippen LogP contribution in [0.1, 0.15) is 0 Å². The molecule has 12 heavy (non-hydrogen) atoms. The van der Waals surface area contributed by atoms with Gasteiger partial charge < -0.3 is 9.84 Å². The third-order valence-corrected chi connectivity index (χ3v) is 2.17. The normalized spacial score (nSPS) is 26.7. The van der Waals surface area contributed by atoms with Crippen LogP contribution in [-0.2, 0) is 4.74 Å². The fourth-order valence-corrected chi connectivity index (χ4v) is 1.35. The summed E-state index contributed by atoms with van der Waals surface area (Å²) in [6.45, 7) is 3.17. The van der Waals surface area contributed by atoms with Gasteiger partial charge in [-0.15, -0.1) is 0 Å². The highest BCUT2D eigenvalue weighted by molar-refractivity contribution is 6.25. The van der Waals surface area contributed by atoms with Crippen molar-refractivity contribution < 1.29 is 9.84 Å². The molecule has 1 rings (SSSR count). The minimum Gasteiger partial charge on any atom is -0.395 e. The van der Waals surface area contributed by atoms with E-state index < -0.39 is 0 Å². The topological polar surface area (TPSA) is 32.7 Å². The number of hydrogen-bond acceptors (Lipinski definition) is 3. The highest BCUT2D eigenvalue weighted by Gasteiger charge is 2.20. The molecule has 1 N–H and O–H groups in total. The predicted molar refractivity (Wildman–Crippen MR) is 48.3 cm³/mol. The van der Waals surface area contributed by atoms with Gasteiger partial charge in [-0.1, -0.05) is 17.7 Å². The molecule has 0 saturated carbocycles. The van der Waals surface area contributed by atoms with Crippen molar-refractivity contribution in [2.45, 2.75) is 6.04 Å². The zero-order valence-electron chi connectivity index (χ0n) is 6.95. The number of morpholine rings is 1. The van der Waals surface area contributed by atoms with E-state index in [1.165, 1.54) is 5.54 Å². The first kappa shape index (κ1) is 9.99. The van der Waals surface area contributed by atoms with Crippen LogP contribution in [0.2, 0.25) is 0 Å². The largest absolute Gasteiger partial charge is 0.395 e. The summed E-state index contributed by atoms with van der Waals surface area (Å²) in [6.07, 6.45) is 1.87. The third-order valence-electron chi connectivity index (χ3n) is 1.99. The summed E-state index contributed by atoms with van der Waals surface area (Å²) in [4.78, 5) is 2.16. The first-order valence-electron chi connectivity index (χ1n) is 4.06. The molecule has 0 spiro atoms. The third kappa shape index (κ3) is 2.75. The van der Waals surface area contributed by atoms with Crippen molar-refractivity contribution in [3.8, 4) is 0 Å². The number of ether oxygens (including phenoxy) is 1. The van der Waals surface area contributed by atoms with E-state index in [2.05, 4.69) is 4.90 Å². The van der Waals surface area contributed by atoms with E-state index in [0.717, 1.165) is 19.7 Å². The number of aliphatic hydroxyl groups is 1. The molecular formula is C8H14ClNO2. The molecule has 1 aliphatic rings. The lowest BCUT2D eigenvalue weighted by Crippen LogP contribution is -2.47. The zero-order valence-corrected chi connectivity index (χ0v) is 7.70. The van der Waals surface area contributed by atoms with Crippen LogP contribution in [0, 0.1) is 0 Å². The Labute approximate surface area is 77.6 Å². The minimum atomic E-state index is 0.131. The van der Waals surface area contributed by atoms with Gasteiger partial charge in [-0.3, -0.25) is 4.90 Å². The van der Waals surface area contributed by atoms with Gasteiger partial charge in [0.25, 0.3) is 0 Å². The molecule has 0 aromatic carbocycles. The first-order valence-corrected chi connectivity index (χ1v) is 4.50. The molecule has 0 aromatic rings. The van der Waals surface area contributed by atoms with E-state index in [4.69, 9.17) is 21.4 Å². The molecule has 4 heteroatoms. The highest BCUT2D eigenvalue weighted by atomic mass is 35.5. The van der Waals surface area contributed by atoms with Gasteiger partial charge >= 0.3 is 0 Å².